The van der Waals surface area contributed by atoms with Crippen LogP contribution in [0.25, 0.3) is 0 Å². The lowest BCUT2D eigenvalue weighted by molar-refractivity contribution is 0.0543. The van der Waals surface area contributed by atoms with E-state index < -0.39 is 15.4 Å². The highest BCUT2D eigenvalue weighted by Crippen LogP contribution is 2.23. The minimum atomic E-state index is -3.23. The van der Waals surface area contributed by atoms with E-state index in [0.29, 0.717) is 12.1 Å². The Hall–Kier alpha value is -1.69. The first-order chi connectivity index (χ1) is 11.1. The Morgan fingerprint density at radius 3 is 2.12 bits per heavy atom. The van der Waals surface area contributed by atoms with Gasteiger partial charge in [0, 0.05) is 18.8 Å². The van der Waals surface area contributed by atoms with Gasteiger partial charge in [0.25, 0.3) is 0 Å². The van der Waals surface area contributed by atoms with Crippen molar-refractivity contribution in [2.24, 2.45) is 0 Å². The first kappa shape index (κ1) is 18.6. The second kappa shape index (κ2) is 7.05. The maximum absolute atomic E-state index is 11.5. The monoisotopic (exact) mass is 347 g/mol. The first-order valence-corrected chi connectivity index (χ1v) is 9.82. The number of hydrogen-bond donors (Lipinski definition) is 2. The molecule has 130 valence electrons. The van der Waals surface area contributed by atoms with Crippen LogP contribution in [0.15, 0.2) is 53.4 Å². The van der Waals surface area contributed by atoms with E-state index in [2.05, 4.69) is 29.6 Å². The zero-order valence-corrected chi connectivity index (χ0v) is 15.4. The summed E-state index contributed by atoms with van der Waals surface area (Å²) in [4.78, 5) is 0.253. The molecule has 2 atom stereocenters. The van der Waals surface area contributed by atoms with Gasteiger partial charge in [-0.05, 0) is 44.0 Å². The smallest absolute Gasteiger partial charge is 0.175 e. The Bertz CT molecular complexity index is 778. The van der Waals surface area contributed by atoms with E-state index >= 15 is 0 Å². The van der Waals surface area contributed by atoms with E-state index in [9.17, 15) is 13.5 Å². The summed E-state index contributed by atoms with van der Waals surface area (Å²) in [5.41, 5.74) is 1.96. The highest BCUT2D eigenvalue weighted by molar-refractivity contribution is 7.90. The molecule has 2 rings (SSSR count). The maximum atomic E-state index is 11.5. The van der Waals surface area contributed by atoms with E-state index in [4.69, 9.17) is 0 Å². The predicted octanol–water partition coefficient (Wildman–Crippen LogP) is 2.96. The highest BCUT2D eigenvalue weighted by atomic mass is 32.2. The molecular weight excluding hydrogens is 322 g/mol. The molecule has 0 unspecified atom stereocenters. The van der Waals surface area contributed by atoms with Crippen molar-refractivity contribution in [3.05, 3.63) is 65.2 Å². The van der Waals surface area contributed by atoms with Gasteiger partial charge >= 0.3 is 0 Å². The number of benzene rings is 2. The Labute approximate surface area is 144 Å². The second-order valence-corrected chi connectivity index (χ2v) is 8.60. The van der Waals surface area contributed by atoms with E-state index in [-0.39, 0.29) is 10.9 Å². The molecule has 0 fully saturated rings. The molecule has 24 heavy (non-hydrogen) atoms. The molecule has 0 aliphatic heterocycles. The molecule has 5 heteroatoms. The molecule has 0 radical (unpaired) electrons. The minimum absolute atomic E-state index is 0.104. The average Bonchev–Trinajstić information content (AvgIpc) is 2.53. The normalized spacial score (nSPS) is 15.7. The Morgan fingerprint density at radius 1 is 1.08 bits per heavy atom. The van der Waals surface area contributed by atoms with Crippen LogP contribution in [-0.2, 0) is 15.4 Å². The molecule has 0 bridgehead atoms. The Morgan fingerprint density at radius 2 is 1.62 bits per heavy atom. The highest BCUT2D eigenvalue weighted by Gasteiger charge is 2.24. The number of sulfone groups is 1. The first-order valence-electron chi connectivity index (χ1n) is 7.92. The molecule has 0 amide bonds. The number of rotatable bonds is 6. The van der Waals surface area contributed by atoms with Crippen LogP contribution in [-0.4, -0.2) is 26.3 Å². The third-order valence-corrected chi connectivity index (χ3v) is 5.36. The van der Waals surface area contributed by atoms with Gasteiger partial charge in [-0.1, -0.05) is 42.0 Å². The van der Waals surface area contributed by atoms with Crippen LogP contribution in [0.1, 0.15) is 36.6 Å². The number of hydrogen-bond acceptors (Lipinski definition) is 4. The number of nitrogens with one attached hydrogen (secondary N) is 1. The summed E-state index contributed by atoms with van der Waals surface area (Å²) < 4.78 is 23.0. The Balaban J connectivity index is 2.06. The summed E-state index contributed by atoms with van der Waals surface area (Å²) in [6.45, 7) is 6.18. The van der Waals surface area contributed by atoms with Crippen molar-refractivity contribution in [2.45, 2.75) is 37.3 Å². The van der Waals surface area contributed by atoms with Crippen LogP contribution in [0.2, 0.25) is 0 Å². The molecule has 0 spiro atoms. The van der Waals surface area contributed by atoms with Crippen LogP contribution in [0, 0.1) is 6.92 Å². The van der Waals surface area contributed by atoms with Crippen molar-refractivity contribution in [2.75, 3.05) is 12.8 Å². The van der Waals surface area contributed by atoms with Crippen LogP contribution < -0.4 is 5.32 Å². The number of aryl methyl sites for hydroxylation is 1. The third-order valence-electron chi connectivity index (χ3n) is 4.23. The molecule has 0 saturated carbocycles. The number of aliphatic hydroxyl groups is 1. The zero-order valence-electron chi connectivity index (χ0n) is 14.6. The van der Waals surface area contributed by atoms with Crippen molar-refractivity contribution < 1.29 is 13.5 Å². The third kappa shape index (κ3) is 4.66. The largest absolute Gasteiger partial charge is 0.384 e. The van der Waals surface area contributed by atoms with Gasteiger partial charge in [0.15, 0.2) is 9.84 Å². The van der Waals surface area contributed by atoms with Crippen molar-refractivity contribution in [1.82, 2.24) is 5.32 Å². The van der Waals surface area contributed by atoms with Crippen LogP contribution in [0.3, 0.4) is 0 Å². The summed E-state index contributed by atoms with van der Waals surface area (Å²) in [7, 11) is -3.23. The van der Waals surface area contributed by atoms with Gasteiger partial charge in [0.05, 0.1) is 10.5 Å². The van der Waals surface area contributed by atoms with Gasteiger partial charge in [0.1, 0.15) is 0 Å². The lowest BCUT2D eigenvalue weighted by Gasteiger charge is -2.27. The van der Waals surface area contributed by atoms with Crippen LogP contribution >= 0.6 is 0 Å². The van der Waals surface area contributed by atoms with Gasteiger partial charge < -0.3 is 10.4 Å². The maximum Gasteiger partial charge on any atom is 0.175 e. The average molecular weight is 347 g/mol. The standard InChI is InChI=1S/C19H25NO3S/c1-14-5-7-16(8-6-14)15(2)20-13-19(3,21)17-9-11-18(12-10-17)24(4,22)23/h5-12,15,20-21H,13H2,1-4H3/t15-,19+/m1/s1. The van der Waals surface area contributed by atoms with Crippen molar-refractivity contribution in [3.8, 4) is 0 Å². The van der Waals surface area contributed by atoms with E-state index in [1.807, 2.05) is 13.8 Å². The van der Waals surface area contributed by atoms with E-state index in [1.165, 1.54) is 24.0 Å². The van der Waals surface area contributed by atoms with Crippen molar-refractivity contribution >= 4 is 9.84 Å². The summed E-state index contributed by atoms with van der Waals surface area (Å²) >= 11 is 0. The molecule has 0 heterocycles. The van der Waals surface area contributed by atoms with Gasteiger partial charge in [-0.3, -0.25) is 0 Å². The lowest BCUT2D eigenvalue weighted by atomic mass is 9.95. The Kier molecular flexibility index (Phi) is 5.48. The minimum Gasteiger partial charge on any atom is -0.384 e. The van der Waals surface area contributed by atoms with E-state index in [1.54, 1.807) is 19.1 Å². The molecule has 2 aromatic carbocycles. The van der Waals surface area contributed by atoms with Gasteiger partial charge in [-0.15, -0.1) is 0 Å². The lowest BCUT2D eigenvalue weighted by Crippen LogP contribution is -2.36. The molecule has 0 aliphatic rings. The molecule has 0 aromatic heterocycles. The SMILES string of the molecule is Cc1ccc([C@@H](C)NC[C@](C)(O)c2ccc(S(C)(=O)=O)cc2)cc1. The zero-order chi connectivity index (χ0) is 18.0. The van der Waals surface area contributed by atoms with Gasteiger partial charge in [-0.25, -0.2) is 8.42 Å². The van der Waals surface area contributed by atoms with Crippen molar-refractivity contribution in [1.29, 1.82) is 0 Å². The second-order valence-electron chi connectivity index (χ2n) is 6.58. The molecule has 0 aliphatic carbocycles. The fourth-order valence-corrected chi connectivity index (χ4v) is 3.12. The summed E-state index contributed by atoms with van der Waals surface area (Å²) in [6.07, 6.45) is 1.17. The molecular formula is C19H25NO3S. The molecule has 2 aromatic rings. The topological polar surface area (TPSA) is 66.4 Å². The van der Waals surface area contributed by atoms with E-state index in [0.717, 1.165) is 5.56 Å². The van der Waals surface area contributed by atoms with Crippen molar-refractivity contribution in [3.63, 3.8) is 0 Å². The molecule has 4 nitrogen and oxygen atoms in total. The fourth-order valence-electron chi connectivity index (χ4n) is 2.49. The fraction of sp³-hybridized carbons (Fsp3) is 0.368. The summed E-state index contributed by atoms with van der Waals surface area (Å²) in [6, 6.07) is 14.8. The van der Waals surface area contributed by atoms with Crippen LogP contribution in [0.5, 0.6) is 0 Å². The molecule has 0 saturated heterocycles. The summed E-state index contributed by atoms with van der Waals surface area (Å²) in [5.74, 6) is 0. The quantitative estimate of drug-likeness (QED) is 0.843. The predicted molar refractivity (Wildman–Crippen MR) is 96.7 cm³/mol. The molecule has 2 N–H and O–H groups in total. The van der Waals surface area contributed by atoms with Crippen LogP contribution in [0.4, 0.5) is 0 Å². The van der Waals surface area contributed by atoms with Gasteiger partial charge in [0.2, 0.25) is 0 Å². The summed E-state index contributed by atoms with van der Waals surface area (Å²) in [5, 5.41) is 14.0. The van der Waals surface area contributed by atoms with Gasteiger partial charge in [-0.2, -0.15) is 0 Å².